The highest BCUT2D eigenvalue weighted by atomic mass is 32.1. The number of hydrogen-bond donors (Lipinski definition) is 0. The van der Waals surface area contributed by atoms with E-state index >= 15 is 0 Å². The highest BCUT2D eigenvalue weighted by Crippen LogP contribution is 2.10. The number of hydrogen-bond acceptors (Lipinski definition) is 3. The largest absolute Gasteiger partial charge is 0.460 e. The van der Waals surface area contributed by atoms with Crippen LogP contribution in [0.5, 0.6) is 0 Å². The molecule has 0 bridgehead atoms. The lowest BCUT2D eigenvalue weighted by Crippen LogP contribution is -2.04. The molecule has 0 aliphatic carbocycles. The number of unbranched alkanes of at least 4 members (excludes halogenated alkanes) is 9. The topological polar surface area (TPSA) is 18.5 Å². The fourth-order valence-electron chi connectivity index (χ4n) is 1.80. The van der Waals surface area contributed by atoms with Crippen LogP contribution in [0.15, 0.2) is 0 Å². The second-order valence-corrected chi connectivity index (χ2v) is 4.82. The molecule has 102 valence electrons. The van der Waals surface area contributed by atoms with Crippen LogP contribution in [0, 0.1) is 0 Å². The molecule has 0 atom stereocenters. The van der Waals surface area contributed by atoms with Gasteiger partial charge < -0.3 is 9.47 Å². The van der Waals surface area contributed by atoms with Crippen molar-refractivity contribution < 1.29 is 9.47 Å². The van der Waals surface area contributed by atoms with Crippen LogP contribution in [-0.2, 0) is 9.47 Å². The molecule has 0 spiro atoms. The normalized spacial score (nSPS) is 10.2. The van der Waals surface area contributed by atoms with Gasteiger partial charge in [0, 0.05) is 12.2 Å². The van der Waals surface area contributed by atoms with Crippen molar-refractivity contribution >= 4 is 17.5 Å². The summed E-state index contributed by atoms with van der Waals surface area (Å²) in [5.41, 5.74) is 0. The molecule has 0 rings (SSSR count). The molecule has 0 heterocycles. The lowest BCUT2D eigenvalue weighted by Gasteiger charge is -2.05. The predicted octanol–water partition coefficient (Wildman–Crippen LogP) is 4.86. The maximum atomic E-state index is 5.17. The van der Waals surface area contributed by atoms with E-state index in [0.717, 1.165) is 6.42 Å². The number of methoxy groups -OCH3 is 1. The van der Waals surface area contributed by atoms with Gasteiger partial charge in [-0.25, -0.2) is 0 Å². The first-order valence-electron chi connectivity index (χ1n) is 7.02. The Balaban J connectivity index is 2.96. The molecule has 3 heteroatoms. The average molecular weight is 260 g/mol. The molecule has 0 N–H and O–H groups in total. The summed E-state index contributed by atoms with van der Waals surface area (Å²) in [7, 11) is 1.54. The molecular formula is C14H28O2S. The molecule has 0 amide bonds. The van der Waals surface area contributed by atoms with Crippen molar-refractivity contribution in [2.45, 2.75) is 71.1 Å². The van der Waals surface area contributed by atoms with Crippen LogP contribution >= 0.6 is 12.2 Å². The summed E-state index contributed by atoms with van der Waals surface area (Å²) in [6, 6.07) is 0. The number of rotatable bonds is 11. The minimum atomic E-state index is 0.265. The van der Waals surface area contributed by atoms with E-state index in [0.29, 0.717) is 6.61 Å². The average Bonchev–Trinajstić information content (AvgIpc) is 2.35. The Morgan fingerprint density at radius 1 is 0.824 bits per heavy atom. The predicted molar refractivity (Wildman–Crippen MR) is 77.4 cm³/mol. The van der Waals surface area contributed by atoms with E-state index in [1.165, 1.54) is 57.8 Å². The molecule has 0 aliphatic heterocycles. The van der Waals surface area contributed by atoms with Crippen molar-refractivity contribution in [2.75, 3.05) is 13.7 Å². The molecule has 0 aromatic carbocycles. The van der Waals surface area contributed by atoms with Crippen LogP contribution < -0.4 is 0 Å². The Morgan fingerprint density at radius 2 is 1.29 bits per heavy atom. The molecule has 17 heavy (non-hydrogen) atoms. The molecule has 0 fully saturated rings. The fourth-order valence-corrected chi connectivity index (χ4v) is 1.89. The van der Waals surface area contributed by atoms with Crippen LogP contribution in [0.1, 0.15) is 71.1 Å². The van der Waals surface area contributed by atoms with Gasteiger partial charge >= 0.3 is 5.24 Å². The summed E-state index contributed by atoms with van der Waals surface area (Å²) >= 11 is 4.78. The van der Waals surface area contributed by atoms with Crippen molar-refractivity contribution in [3.63, 3.8) is 0 Å². The molecule has 0 saturated carbocycles. The van der Waals surface area contributed by atoms with Gasteiger partial charge in [0.2, 0.25) is 0 Å². The summed E-state index contributed by atoms with van der Waals surface area (Å²) < 4.78 is 9.92. The zero-order valence-corrected chi connectivity index (χ0v) is 12.3. The molecule has 0 saturated heterocycles. The summed E-state index contributed by atoms with van der Waals surface area (Å²) in [6.45, 7) is 2.96. The molecular weight excluding hydrogens is 232 g/mol. The molecule has 0 radical (unpaired) electrons. The van der Waals surface area contributed by atoms with Gasteiger partial charge in [-0.15, -0.1) is 0 Å². The minimum absolute atomic E-state index is 0.265. The van der Waals surface area contributed by atoms with Crippen molar-refractivity contribution in [3.05, 3.63) is 0 Å². The first-order valence-corrected chi connectivity index (χ1v) is 7.42. The van der Waals surface area contributed by atoms with E-state index in [-0.39, 0.29) is 5.24 Å². The fraction of sp³-hybridized carbons (Fsp3) is 0.929. The third-order valence-electron chi connectivity index (χ3n) is 2.88. The molecule has 0 unspecified atom stereocenters. The van der Waals surface area contributed by atoms with E-state index in [1.807, 2.05) is 0 Å². The highest BCUT2D eigenvalue weighted by Gasteiger charge is 1.95. The van der Waals surface area contributed by atoms with E-state index in [2.05, 4.69) is 6.92 Å². The van der Waals surface area contributed by atoms with Crippen molar-refractivity contribution in [1.29, 1.82) is 0 Å². The smallest absolute Gasteiger partial charge is 0.351 e. The van der Waals surface area contributed by atoms with Crippen molar-refractivity contribution in [2.24, 2.45) is 0 Å². The van der Waals surface area contributed by atoms with E-state index < -0.39 is 0 Å². The summed E-state index contributed by atoms with van der Waals surface area (Å²) in [5, 5.41) is 0.265. The van der Waals surface area contributed by atoms with E-state index in [1.54, 1.807) is 7.11 Å². The van der Waals surface area contributed by atoms with Crippen LogP contribution in [-0.4, -0.2) is 19.0 Å². The van der Waals surface area contributed by atoms with Gasteiger partial charge in [0.1, 0.15) is 0 Å². The number of thiocarbonyl (C=S) groups is 1. The Bertz CT molecular complexity index is 172. The van der Waals surface area contributed by atoms with Gasteiger partial charge in [-0.2, -0.15) is 0 Å². The quantitative estimate of drug-likeness (QED) is 0.390. The Labute approximate surface area is 112 Å². The zero-order chi connectivity index (χ0) is 12.8. The molecule has 0 aromatic rings. The van der Waals surface area contributed by atoms with Crippen molar-refractivity contribution in [3.8, 4) is 0 Å². The van der Waals surface area contributed by atoms with Crippen LogP contribution in [0.4, 0.5) is 0 Å². The van der Waals surface area contributed by atoms with Crippen LogP contribution in [0.2, 0.25) is 0 Å². The van der Waals surface area contributed by atoms with Gasteiger partial charge in [0.25, 0.3) is 0 Å². The zero-order valence-electron chi connectivity index (χ0n) is 11.5. The first-order chi connectivity index (χ1) is 8.31. The summed E-state index contributed by atoms with van der Waals surface area (Å²) in [4.78, 5) is 0. The molecule has 0 aromatic heterocycles. The van der Waals surface area contributed by atoms with Gasteiger partial charge in [0.15, 0.2) is 0 Å². The lowest BCUT2D eigenvalue weighted by atomic mass is 10.1. The second kappa shape index (κ2) is 13.8. The van der Waals surface area contributed by atoms with Gasteiger partial charge in [-0.05, 0) is 6.42 Å². The second-order valence-electron chi connectivity index (χ2n) is 4.48. The third-order valence-corrected chi connectivity index (χ3v) is 3.17. The van der Waals surface area contributed by atoms with Crippen LogP contribution in [0.3, 0.4) is 0 Å². The first kappa shape index (κ1) is 16.7. The minimum Gasteiger partial charge on any atom is -0.460 e. The Kier molecular flexibility index (Phi) is 13.5. The SMILES string of the molecule is CCCCCCCCCCCCOC(=S)OC. The maximum absolute atomic E-state index is 5.17. The third kappa shape index (κ3) is 13.6. The lowest BCUT2D eigenvalue weighted by molar-refractivity contribution is 0.205. The standard InChI is InChI=1S/C14H28O2S/c1-3-4-5-6-7-8-9-10-11-12-13-16-14(17)15-2/h3-13H2,1-2H3. The Morgan fingerprint density at radius 3 is 1.76 bits per heavy atom. The summed E-state index contributed by atoms with van der Waals surface area (Å²) in [6.07, 6.45) is 13.4. The van der Waals surface area contributed by atoms with Gasteiger partial charge in [0.05, 0.1) is 13.7 Å². The highest BCUT2D eigenvalue weighted by molar-refractivity contribution is 7.79. The monoisotopic (exact) mass is 260 g/mol. The van der Waals surface area contributed by atoms with E-state index in [9.17, 15) is 0 Å². The molecule has 0 aliphatic rings. The Hall–Kier alpha value is -0.310. The van der Waals surface area contributed by atoms with Crippen molar-refractivity contribution in [1.82, 2.24) is 0 Å². The van der Waals surface area contributed by atoms with Gasteiger partial charge in [-0.3, -0.25) is 0 Å². The van der Waals surface area contributed by atoms with Crippen LogP contribution in [0.25, 0.3) is 0 Å². The van der Waals surface area contributed by atoms with Gasteiger partial charge in [-0.1, -0.05) is 64.7 Å². The van der Waals surface area contributed by atoms with E-state index in [4.69, 9.17) is 21.7 Å². The number of ether oxygens (including phenoxy) is 2. The molecule has 2 nitrogen and oxygen atoms in total. The summed E-state index contributed by atoms with van der Waals surface area (Å²) in [5.74, 6) is 0. The maximum Gasteiger partial charge on any atom is 0.351 e.